The number of rotatable bonds is 4. The molecule has 1 aliphatic heterocycles. The maximum Gasteiger partial charge on any atom is 0.226 e. The fourth-order valence-corrected chi connectivity index (χ4v) is 2.47. The van der Waals surface area contributed by atoms with Gasteiger partial charge in [0.2, 0.25) is 5.91 Å². The summed E-state index contributed by atoms with van der Waals surface area (Å²) in [6.07, 6.45) is 1.67. The quantitative estimate of drug-likeness (QED) is 0.916. The van der Waals surface area contributed by atoms with E-state index in [1.165, 1.54) is 5.56 Å². The van der Waals surface area contributed by atoms with Crippen LogP contribution in [0.5, 0.6) is 5.75 Å². The van der Waals surface area contributed by atoms with Crippen LogP contribution < -0.4 is 4.74 Å². The van der Waals surface area contributed by atoms with E-state index in [0.717, 1.165) is 30.7 Å². The number of benzene rings is 1. The van der Waals surface area contributed by atoms with Crippen LogP contribution in [-0.2, 0) is 4.79 Å². The second kappa shape index (κ2) is 6.75. The molecule has 0 bridgehead atoms. The third-order valence-corrected chi connectivity index (χ3v) is 3.88. The SMILES string of the molecule is Cc1cccc(OCCC(=O)N2CCC[C@H](O)C2)c1C. The van der Waals surface area contributed by atoms with Crippen LogP contribution in [0.3, 0.4) is 0 Å². The Morgan fingerprint density at radius 1 is 1.45 bits per heavy atom. The predicted molar refractivity (Wildman–Crippen MR) is 77.8 cm³/mol. The third-order valence-electron chi connectivity index (χ3n) is 3.88. The molecule has 1 amide bonds. The van der Waals surface area contributed by atoms with Crippen molar-refractivity contribution in [3.8, 4) is 5.75 Å². The summed E-state index contributed by atoms with van der Waals surface area (Å²) < 4.78 is 5.70. The minimum atomic E-state index is -0.368. The first-order valence-corrected chi connectivity index (χ1v) is 7.23. The number of aryl methyl sites for hydroxylation is 1. The van der Waals surface area contributed by atoms with Gasteiger partial charge in [-0.05, 0) is 43.9 Å². The van der Waals surface area contributed by atoms with Gasteiger partial charge in [0.05, 0.1) is 19.1 Å². The number of ether oxygens (including phenoxy) is 1. The molecule has 1 fully saturated rings. The molecule has 0 unspecified atom stereocenters. The fraction of sp³-hybridized carbons (Fsp3) is 0.562. The molecule has 4 heteroatoms. The van der Waals surface area contributed by atoms with Gasteiger partial charge in [-0.15, -0.1) is 0 Å². The number of nitrogens with zero attached hydrogens (tertiary/aromatic N) is 1. The van der Waals surface area contributed by atoms with Gasteiger partial charge < -0.3 is 14.7 Å². The lowest BCUT2D eigenvalue weighted by Crippen LogP contribution is -2.42. The van der Waals surface area contributed by atoms with E-state index in [2.05, 4.69) is 0 Å². The lowest BCUT2D eigenvalue weighted by molar-refractivity contribution is -0.134. The van der Waals surface area contributed by atoms with Crippen molar-refractivity contribution < 1.29 is 14.6 Å². The van der Waals surface area contributed by atoms with E-state index in [1.54, 1.807) is 4.90 Å². The van der Waals surface area contributed by atoms with Gasteiger partial charge in [0.15, 0.2) is 0 Å². The highest BCUT2D eigenvalue weighted by molar-refractivity contribution is 5.76. The number of aliphatic hydroxyl groups excluding tert-OH is 1. The van der Waals surface area contributed by atoms with Crippen LogP contribution in [0.25, 0.3) is 0 Å². The molecule has 1 aromatic carbocycles. The zero-order valence-corrected chi connectivity index (χ0v) is 12.3. The number of β-amino-alcohol motifs (C(OH)–C–C–N with tert-alkyl or cyclic N) is 1. The molecule has 1 N–H and O–H groups in total. The van der Waals surface area contributed by atoms with E-state index in [9.17, 15) is 9.90 Å². The van der Waals surface area contributed by atoms with Crippen LogP contribution in [0, 0.1) is 13.8 Å². The summed E-state index contributed by atoms with van der Waals surface area (Å²) in [5, 5.41) is 9.57. The summed E-state index contributed by atoms with van der Waals surface area (Å²) in [5.74, 6) is 0.908. The average Bonchev–Trinajstić information content (AvgIpc) is 2.43. The molecule has 0 saturated carbocycles. The highest BCUT2D eigenvalue weighted by atomic mass is 16.5. The van der Waals surface area contributed by atoms with Gasteiger partial charge in [0.25, 0.3) is 0 Å². The number of likely N-dealkylation sites (tertiary alicyclic amines) is 1. The Balaban J connectivity index is 1.80. The lowest BCUT2D eigenvalue weighted by atomic mass is 10.1. The van der Waals surface area contributed by atoms with Crippen LogP contribution in [0.15, 0.2) is 18.2 Å². The minimum Gasteiger partial charge on any atom is -0.493 e. The number of amides is 1. The molecule has 0 spiro atoms. The van der Waals surface area contributed by atoms with Crippen LogP contribution in [0.4, 0.5) is 0 Å². The van der Waals surface area contributed by atoms with Crippen molar-refractivity contribution in [1.29, 1.82) is 0 Å². The van der Waals surface area contributed by atoms with Crippen molar-refractivity contribution in [3.05, 3.63) is 29.3 Å². The van der Waals surface area contributed by atoms with Crippen molar-refractivity contribution >= 4 is 5.91 Å². The molecule has 1 saturated heterocycles. The fourth-order valence-electron chi connectivity index (χ4n) is 2.47. The first-order valence-electron chi connectivity index (χ1n) is 7.23. The minimum absolute atomic E-state index is 0.0639. The highest BCUT2D eigenvalue weighted by Crippen LogP contribution is 2.20. The molecule has 0 aromatic heterocycles. The summed E-state index contributed by atoms with van der Waals surface area (Å²) in [6.45, 7) is 5.66. The third kappa shape index (κ3) is 3.73. The van der Waals surface area contributed by atoms with Gasteiger partial charge >= 0.3 is 0 Å². The molecule has 2 rings (SSSR count). The Morgan fingerprint density at radius 2 is 2.25 bits per heavy atom. The number of hydrogen-bond acceptors (Lipinski definition) is 3. The van der Waals surface area contributed by atoms with Gasteiger partial charge in [-0.2, -0.15) is 0 Å². The standard InChI is InChI=1S/C16H23NO3/c1-12-5-3-7-15(13(12)2)20-10-8-16(19)17-9-4-6-14(18)11-17/h3,5,7,14,18H,4,6,8-11H2,1-2H3/t14-/m0/s1. The number of hydrogen-bond donors (Lipinski definition) is 1. The van der Waals surface area contributed by atoms with Crippen LogP contribution in [0.1, 0.15) is 30.4 Å². The molecule has 1 heterocycles. The highest BCUT2D eigenvalue weighted by Gasteiger charge is 2.21. The average molecular weight is 277 g/mol. The normalized spacial score (nSPS) is 18.9. The van der Waals surface area contributed by atoms with E-state index in [0.29, 0.717) is 19.6 Å². The van der Waals surface area contributed by atoms with Gasteiger partial charge in [0, 0.05) is 13.1 Å². The second-order valence-corrected chi connectivity index (χ2v) is 5.43. The molecule has 110 valence electrons. The van der Waals surface area contributed by atoms with Crippen molar-refractivity contribution in [2.75, 3.05) is 19.7 Å². The summed E-state index contributed by atoms with van der Waals surface area (Å²) in [6, 6.07) is 5.93. The van der Waals surface area contributed by atoms with Crippen LogP contribution in [-0.4, -0.2) is 41.7 Å². The molecule has 1 atom stereocenters. The van der Waals surface area contributed by atoms with Crippen LogP contribution in [0.2, 0.25) is 0 Å². The van der Waals surface area contributed by atoms with Gasteiger partial charge in [0.1, 0.15) is 5.75 Å². The smallest absolute Gasteiger partial charge is 0.226 e. The topological polar surface area (TPSA) is 49.8 Å². The second-order valence-electron chi connectivity index (χ2n) is 5.43. The molecular weight excluding hydrogens is 254 g/mol. The molecular formula is C16H23NO3. The number of carbonyl (C=O) groups is 1. The molecule has 4 nitrogen and oxygen atoms in total. The van der Waals surface area contributed by atoms with Crippen molar-refractivity contribution in [3.63, 3.8) is 0 Å². The Morgan fingerprint density at radius 3 is 3.00 bits per heavy atom. The van der Waals surface area contributed by atoms with Crippen molar-refractivity contribution in [2.45, 2.75) is 39.2 Å². The van der Waals surface area contributed by atoms with Crippen molar-refractivity contribution in [2.24, 2.45) is 0 Å². The number of carbonyl (C=O) groups excluding carboxylic acids is 1. The molecule has 1 aromatic rings. The van der Waals surface area contributed by atoms with Crippen molar-refractivity contribution in [1.82, 2.24) is 4.90 Å². The molecule has 0 aliphatic carbocycles. The zero-order chi connectivity index (χ0) is 14.5. The molecule has 1 aliphatic rings. The summed E-state index contributed by atoms with van der Waals surface area (Å²) >= 11 is 0. The number of piperidine rings is 1. The Bertz CT molecular complexity index is 473. The van der Waals surface area contributed by atoms with Gasteiger partial charge in [-0.1, -0.05) is 12.1 Å². The van der Waals surface area contributed by atoms with Crippen LogP contribution >= 0.6 is 0 Å². The van der Waals surface area contributed by atoms with E-state index < -0.39 is 0 Å². The summed E-state index contributed by atoms with van der Waals surface area (Å²) in [5.41, 5.74) is 2.31. The maximum absolute atomic E-state index is 12.0. The van der Waals surface area contributed by atoms with Gasteiger partial charge in [-0.25, -0.2) is 0 Å². The maximum atomic E-state index is 12.0. The first kappa shape index (κ1) is 14.9. The summed E-state index contributed by atoms with van der Waals surface area (Å²) in [7, 11) is 0. The van der Waals surface area contributed by atoms with E-state index in [4.69, 9.17) is 4.74 Å². The Hall–Kier alpha value is -1.55. The zero-order valence-electron chi connectivity index (χ0n) is 12.3. The van der Waals surface area contributed by atoms with E-state index >= 15 is 0 Å². The Labute approximate surface area is 120 Å². The molecule has 20 heavy (non-hydrogen) atoms. The largest absolute Gasteiger partial charge is 0.493 e. The first-order chi connectivity index (χ1) is 9.58. The predicted octanol–water partition coefficient (Wildman–Crippen LogP) is 2.06. The lowest BCUT2D eigenvalue weighted by Gasteiger charge is -2.30. The Kier molecular flexibility index (Phi) is 5.01. The van der Waals surface area contributed by atoms with E-state index in [-0.39, 0.29) is 12.0 Å². The number of aliphatic hydroxyl groups is 1. The van der Waals surface area contributed by atoms with E-state index in [1.807, 2.05) is 32.0 Å². The molecule has 0 radical (unpaired) electrons. The monoisotopic (exact) mass is 277 g/mol. The van der Waals surface area contributed by atoms with Gasteiger partial charge in [-0.3, -0.25) is 4.79 Å². The summed E-state index contributed by atoms with van der Waals surface area (Å²) in [4.78, 5) is 13.8.